The number of nitrogens with two attached hydrogens (primary N) is 1. The van der Waals surface area contributed by atoms with E-state index in [1.54, 1.807) is 13.0 Å². The molecule has 76 heavy (non-hydrogen) atoms. The quantitative estimate of drug-likeness (QED) is 0.0864. The third-order valence-electron chi connectivity index (χ3n) is 11.7. The van der Waals surface area contributed by atoms with Crippen LogP contribution in [0, 0.1) is 41.8 Å². The molecule has 10 rings (SSSR count). The van der Waals surface area contributed by atoms with Crippen LogP contribution in [0.15, 0.2) is 116 Å². The zero-order valence-corrected chi connectivity index (χ0v) is 42.8. The number of aromatic nitrogens is 6. The van der Waals surface area contributed by atoms with Gasteiger partial charge in [0.15, 0.2) is 11.6 Å². The minimum absolute atomic E-state index is 0.0397. The molecule has 0 bridgehead atoms. The molecule has 0 aliphatic carbocycles. The van der Waals surface area contributed by atoms with Crippen LogP contribution in [0.5, 0.6) is 0 Å². The molecule has 0 saturated carbocycles. The van der Waals surface area contributed by atoms with Gasteiger partial charge in [-0.05, 0) is 61.5 Å². The number of rotatable bonds is 14. The van der Waals surface area contributed by atoms with Crippen LogP contribution in [-0.4, -0.2) is 73.3 Å². The van der Waals surface area contributed by atoms with Crippen molar-refractivity contribution in [3.63, 3.8) is 0 Å². The second kappa shape index (κ2) is 21.1. The second-order valence-corrected chi connectivity index (χ2v) is 21.6. The highest BCUT2D eigenvalue weighted by molar-refractivity contribution is 7.93. The van der Waals surface area contributed by atoms with Crippen molar-refractivity contribution in [2.75, 3.05) is 42.6 Å². The van der Waals surface area contributed by atoms with Crippen LogP contribution in [0.2, 0.25) is 0 Å². The molecule has 4 aromatic carbocycles. The summed E-state index contributed by atoms with van der Waals surface area (Å²) in [6, 6.07) is 13.1. The fourth-order valence-electron chi connectivity index (χ4n) is 8.11. The van der Waals surface area contributed by atoms with E-state index in [9.17, 15) is 35.2 Å². The molecule has 0 unspecified atom stereocenters. The van der Waals surface area contributed by atoms with Crippen molar-refractivity contribution in [3.05, 3.63) is 158 Å². The van der Waals surface area contributed by atoms with Gasteiger partial charge in [0, 0.05) is 74.4 Å². The molecule has 0 radical (unpaired) electrons. The minimum Gasteiger partial charge on any atom is -0.384 e. The number of aryl methyl sites for hydroxylation is 1. The Morgan fingerprint density at radius 3 is 1.46 bits per heavy atom. The Bertz CT molecular complexity index is 4050. The summed E-state index contributed by atoms with van der Waals surface area (Å²) < 4.78 is 160. The lowest BCUT2D eigenvalue weighted by atomic mass is 10.0. The monoisotopic (exact) mass is 1120 g/mol. The van der Waals surface area contributed by atoms with E-state index < -0.39 is 98.4 Å². The average molecular weight is 1120 g/mol. The number of thiazole rings is 2. The third kappa shape index (κ3) is 10.2. The number of sulfonamides is 2. The molecule has 0 atom stereocenters. The lowest BCUT2D eigenvalue weighted by molar-refractivity contribution is 0.187. The molecule has 27 heteroatoms. The number of hydrogen-bond donors (Lipinski definition) is 3. The molecule has 6 heterocycles. The number of nitrogens with one attached hydrogen (secondary N) is 2. The fourth-order valence-corrected chi connectivity index (χ4v) is 12.0. The summed E-state index contributed by atoms with van der Waals surface area (Å²) in [5.74, 6) is -6.93. The smallest absolute Gasteiger partial charge is 0.264 e. The molecule has 6 aromatic heterocycles. The number of benzene rings is 4. The van der Waals surface area contributed by atoms with Crippen molar-refractivity contribution in [3.8, 4) is 22.3 Å². The van der Waals surface area contributed by atoms with Gasteiger partial charge >= 0.3 is 0 Å². The molecule has 10 aromatic rings. The Labute approximate surface area is 434 Å². The van der Waals surface area contributed by atoms with E-state index in [2.05, 4.69) is 19.9 Å². The van der Waals surface area contributed by atoms with Crippen LogP contribution in [0.1, 0.15) is 5.69 Å². The van der Waals surface area contributed by atoms with Gasteiger partial charge in [0.2, 0.25) is 0 Å². The molecule has 0 fully saturated rings. The van der Waals surface area contributed by atoms with Gasteiger partial charge in [-0.1, -0.05) is 0 Å². The van der Waals surface area contributed by atoms with Crippen molar-refractivity contribution in [1.82, 2.24) is 29.1 Å². The van der Waals surface area contributed by atoms with Gasteiger partial charge in [0.1, 0.15) is 38.9 Å². The molecular formula is C49H37F6N9O8S4. The number of pyridine rings is 4. The van der Waals surface area contributed by atoms with Crippen LogP contribution in [0.4, 0.5) is 43.5 Å². The van der Waals surface area contributed by atoms with Crippen molar-refractivity contribution < 1.29 is 52.7 Å². The van der Waals surface area contributed by atoms with Gasteiger partial charge in [0.05, 0.1) is 89.3 Å². The summed E-state index contributed by atoms with van der Waals surface area (Å²) in [5.41, 5.74) is 5.62. The number of nitrogen functional groups attached to an aromatic ring is 1. The van der Waals surface area contributed by atoms with E-state index in [0.717, 1.165) is 71.2 Å². The van der Waals surface area contributed by atoms with Gasteiger partial charge in [-0.2, -0.15) is 0 Å². The Balaban J connectivity index is 0.000000186. The SMILES string of the molecule is COCCn1c(=O)c(-c2c(F)ccc(NS(=O)(=O)c3cc4scnc4cc3F)c2F)cc2cnc(C)cc21.COCCn1c(=O)c(-c2c(F)ccc(NS(=O)(=O)c3cc4scnc4cc3F)c2F)cc2cnc(N)cc21. The lowest BCUT2D eigenvalue weighted by Crippen LogP contribution is -2.25. The second-order valence-electron chi connectivity index (χ2n) is 16.6. The van der Waals surface area contributed by atoms with E-state index >= 15 is 17.6 Å². The summed E-state index contributed by atoms with van der Waals surface area (Å²) in [7, 11) is -6.40. The molecule has 0 amide bonds. The first-order valence-electron chi connectivity index (χ1n) is 22.1. The molecule has 17 nitrogen and oxygen atoms in total. The molecule has 0 aliphatic rings. The topological polar surface area (TPSA) is 232 Å². The zero-order valence-electron chi connectivity index (χ0n) is 39.5. The maximum atomic E-state index is 15.7. The highest BCUT2D eigenvalue weighted by Gasteiger charge is 2.28. The van der Waals surface area contributed by atoms with E-state index in [0.29, 0.717) is 36.9 Å². The first kappa shape index (κ1) is 53.0. The highest BCUT2D eigenvalue weighted by Crippen LogP contribution is 2.35. The molecule has 0 saturated heterocycles. The molecular weight excluding hydrogens is 1080 g/mol. The van der Waals surface area contributed by atoms with E-state index in [1.807, 2.05) is 9.44 Å². The lowest BCUT2D eigenvalue weighted by Gasteiger charge is -2.16. The van der Waals surface area contributed by atoms with Gasteiger partial charge in [-0.25, -0.2) is 58.1 Å². The fraction of sp³-hybridized carbons (Fsp3) is 0.143. The Kier molecular flexibility index (Phi) is 14.7. The number of ether oxygens (including phenoxy) is 2. The van der Waals surface area contributed by atoms with E-state index in [-0.39, 0.29) is 54.3 Å². The zero-order chi connectivity index (χ0) is 54.4. The minimum atomic E-state index is -4.65. The first-order chi connectivity index (χ1) is 36.2. The highest BCUT2D eigenvalue weighted by atomic mass is 32.2. The third-order valence-corrected chi connectivity index (χ3v) is 16.1. The van der Waals surface area contributed by atoms with Crippen molar-refractivity contribution in [2.24, 2.45) is 0 Å². The maximum absolute atomic E-state index is 15.7. The Morgan fingerprint density at radius 1 is 0.579 bits per heavy atom. The summed E-state index contributed by atoms with van der Waals surface area (Å²) in [6.45, 7) is 2.14. The molecule has 392 valence electrons. The van der Waals surface area contributed by atoms with Crippen molar-refractivity contribution in [1.29, 1.82) is 0 Å². The van der Waals surface area contributed by atoms with Crippen LogP contribution in [-0.2, 0) is 42.6 Å². The van der Waals surface area contributed by atoms with Gasteiger partial charge in [0.25, 0.3) is 31.2 Å². The van der Waals surface area contributed by atoms with Gasteiger partial charge in [-0.3, -0.25) is 24.0 Å². The molecule has 0 spiro atoms. The maximum Gasteiger partial charge on any atom is 0.264 e. The summed E-state index contributed by atoms with van der Waals surface area (Å²) in [6.07, 6.45) is 2.81. The summed E-state index contributed by atoms with van der Waals surface area (Å²) in [5, 5.41) is 0.792. The van der Waals surface area contributed by atoms with Gasteiger partial charge in [-0.15, -0.1) is 22.7 Å². The van der Waals surface area contributed by atoms with Crippen LogP contribution in [0.3, 0.4) is 0 Å². The number of hydrogen-bond acceptors (Lipinski definition) is 15. The number of fused-ring (bicyclic) bond motifs is 4. The van der Waals surface area contributed by atoms with Crippen LogP contribution in [0.25, 0.3) is 64.5 Å². The van der Waals surface area contributed by atoms with Gasteiger partial charge < -0.3 is 24.3 Å². The molecule has 4 N–H and O–H groups in total. The van der Waals surface area contributed by atoms with E-state index in [4.69, 9.17) is 15.2 Å². The summed E-state index contributed by atoms with van der Waals surface area (Å²) in [4.78, 5) is 41.4. The number of anilines is 3. The standard InChI is InChI=1S/C25H19F3N4O4S2.C24H18F3N5O4S2/c1-13-7-20-14(11-29-13)8-15(25(33)32(20)5-6-36-2)23-16(26)3-4-18(24(23)28)31-38(34,35)22-10-21-19(9-17(22)27)30-12-37-21;1-36-5-4-32-18-8-21(28)29-10-12(18)6-13(24(32)33)22-14(25)2-3-16(23(22)27)31-38(34,35)20-9-19-17(7-15(20)26)30-11-37-19/h3-4,7-12,31H,5-6H2,1-2H3;2-3,6-11,31H,4-5H2,1H3,(H2,28,29). The largest absolute Gasteiger partial charge is 0.384 e. The molecule has 0 aliphatic heterocycles. The normalized spacial score (nSPS) is 11.9. The number of halogens is 6. The Morgan fingerprint density at radius 2 is 1.01 bits per heavy atom. The van der Waals surface area contributed by atoms with Crippen LogP contribution < -0.4 is 26.3 Å². The summed E-state index contributed by atoms with van der Waals surface area (Å²) >= 11 is 2.20. The van der Waals surface area contributed by atoms with E-state index in [1.165, 1.54) is 65.0 Å². The van der Waals surface area contributed by atoms with Crippen LogP contribution >= 0.6 is 22.7 Å². The Hall–Kier alpha value is -7.82. The average Bonchev–Trinajstić information content (AvgIpc) is 4.05. The van der Waals surface area contributed by atoms with Crippen molar-refractivity contribution in [2.45, 2.75) is 29.8 Å². The first-order valence-corrected chi connectivity index (χ1v) is 26.8. The number of methoxy groups -OCH3 is 2. The predicted octanol–water partition coefficient (Wildman–Crippen LogP) is 8.97. The van der Waals surface area contributed by atoms with Crippen molar-refractivity contribution >= 4 is 102 Å². The predicted molar refractivity (Wildman–Crippen MR) is 276 cm³/mol. The number of nitrogens with zero attached hydrogens (tertiary/aromatic N) is 6.